The Morgan fingerprint density at radius 2 is 2.06 bits per heavy atom. The third kappa shape index (κ3) is 2.85. The van der Waals surface area contributed by atoms with Crippen LogP contribution in [0.25, 0.3) is 0 Å². The molecule has 0 saturated carbocycles. The number of hydrogen-bond acceptors (Lipinski definition) is 3. The van der Waals surface area contributed by atoms with E-state index in [1.807, 2.05) is 19.1 Å². The van der Waals surface area contributed by atoms with Crippen molar-refractivity contribution in [2.75, 3.05) is 5.73 Å². The molecule has 1 heterocycles. The first-order chi connectivity index (χ1) is 8.16. The largest absolute Gasteiger partial charge is 0.465 e. The molecule has 2 rings (SSSR count). The molecular weight excluding hydrogens is 219 g/mol. The molecule has 0 bridgehead atoms. The Bertz CT molecular complexity index is 508. The van der Waals surface area contributed by atoms with Crippen molar-refractivity contribution in [3.63, 3.8) is 0 Å². The molecular formula is C13H15FN2O. The second kappa shape index (κ2) is 5.01. The number of furan rings is 1. The van der Waals surface area contributed by atoms with Crippen LogP contribution in [0.15, 0.2) is 34.7 Å². The van der Waals surface area contributed by atoms with Gasteiger partial charge >= 0.3 is 0 Å². The summed E-state index contributed by atoms with van der Waals surface area (Å²) in [5.41, 5.74) is 6.59. The molecule has 0 radical (unpaired) electrons. The van der Waals surface area contributed by atoms with E-state index in [4.69, 9.17) is 10.2 Å². The molecule has 3 N–H and O–H groups in total. The van der Waals surface area contributed by atoms with Crippen molar-refractivity contribution < 1.29 is 8.81 Å². The normalized spacial score (nSPS) is 10.7. The van der Waals surface area contributed by atoms with Gasteiger partial charge in [0, 0.05) is 6.54 Å². The number of para-hydroxylation sites is 1. The van der Waals surface area contributed by atoms with Gasteiger partial charge in [-0.1, -0.05) is 12.1 Å². The van der Waals surface area contributed by atoms with Crippen LogP contribution >= 0.6 is 0 Å². The van der Waals surface area contributed by atoms with E-state index in [-0.39, 0.29) is 11.5 Å². The number of nitrogen functional groups attached to an aromatic ring is 1. The predicted molar refractivity (Wildman–Crippen MR) is 64.8 cm³/mol. The van der Waals surface area contributed by atoms with E-state index in [2.05, 4.69) is 5.32 Å². The standard InChI is InChI=1S/C13H15FN2O/c1-9-5-6-11(17-9)8-16-7-10-3-2-4-12(14)13(10)15/h2-6,16H,7-8,15H2,1H3. The molecule has 1 aromatic carbocycles. The Hall–Kier alpha value is -1.81. The maximum absolute atomic E-state index is 13.2. The zero-order valence-electron chi connectivity index (χ0n) is 9.66. The SMILES string of the molecule is Cc1ccc(CNCc2cccc(F)c2N)o1. The van der Waals surface area contributed by atoms with E-state index < -0.39 is 0 Å². The van der Waals surface area contributed by atoms with Gasteiger partial charge in [0.05, 0.1) is 12.2 Å². The third-order valence-corrected chi connectivity index (χ3v) is 2.55. The Balaban J connectivity index is 1.92. The molecule has 90 valence electrons. The molecule has 4 heteroatoms. The first-order valence-corrected chi connectivity index (χ1v) is 5.45. The Morgan fingerprint density at radius 1 is 1.24 bits per heavy atom. The lowest BCUT2D eigenvalue weighted by molar-refractivity contribution is 0.461. The van der Waals surface area contributed by atoms with Crippen LogP contribution in [0.1, 0.15) is 17.1 Å². The molecule has 0 fully saturated rings. The minimum Gasteiger partial charge on any atom is -0.465 e. The van der Waals surface area contributed by atoms with E-state index in [1.54, 1.807) is 12.1 Å². The summed E-state index contributed by atoms with van der Waals surface area (Å²) in [7, 11) is 0. The van der Waals surface area contributed by atoms with Crippen LogP contribution in [0, 0.1) is 12.7 Å². The van der Waals surface area contributed by atoms with Crippen LogP contribution < -0.4 is 11.1 Å². The van der Waals surface area contributed by atoms with Gasteiger partial charge in [-0.3, -0.25) is 0 Å². The molecule has 0 aliphatic carbocycles. The summed E-state index contributed by atoms with van der Waals surface area (Å²) >= 11 is 0. The average molecular weight is 234 g/mol. The summed E-state index contributed by atoms with van der Waals surface area (Å²) in [6.45, 7) is 3.02. The van der Waals surface area contributed by atoms with Gasteiger partial charge in [0.25, 0.3) is 0 Å². The van der Waals surface area contributed by atoms with Crippen LogP contribution in [0.4, 0.5) is 10.1 Å². The summed E-state index contributed by atoms with van der Waals surface area (Å²) in [4.78, 5) is 0. The number of nitrogens with one attached hydrogen (secondary N) is 1. The second-order valence-corrected chi connectivity index (χ2v) is 3.93. The number of anilines is 1. The van der Waals surface area contributed by atoms with Crippen LogP contribution in [0.5, 0.6) is 0 Å². The molecule has 0 amide bonds. The fourth-order valence-corrected chi connectivity index (χ4v) is 1.64. The first kappa shape index (κ1) is 11.7. The van der Waals surface area contributed by atoms with Crippen LogP contribution in [-0.4, -0.2) is 0 Å². The van der Waals surface area contributed by atoms with E-state index >= 15 is 0 Å². The van der Waals surface area contributed by atoms with Gasteiger partial charge in [-0.05, 0) is 30.7 Å². The molecule has 2 aromatic rings. The van der Waals surface area contributed by atoms with Gasteiger partial charge < -0.3 is 15.5 Å². The number of hydrogen-bond donors (Lipinski definition) is 2. The van der Waals surface area contributed by atoms with Crippen molar-refractivity contribution in [3.05, 3.63) is 53.2 Å². The summed E-state index contributed by atoms with van der Waals surface area (Å²) in [6, 6.07) is 8.64. The van der Waals surface area contributed by atoms with Gasteiger partial charge in [0.15, 0.2) is 0 Å². The van der Waals surface area contributed by atoms with Crippen molar-refractivity contribution in [1.82, 2.24) is 5.32 Å². The van der Waals surface area contributed by atoms with Crippen molar-refractivity contribution in [2.45, 2.75) is 20.0 Å². The number of halogens is 1. The average Bonchev–Trinajstić information content (AvgIpc) is 2.70. The van der Waals surface area contributed by atoms with Crippen molar-refractivity contribution >= 4 is 5.69 Å². The second-order valence-electron chi connectivity index (χ2n) is 3.93. The lowest BCUT2D eigenvalue weighted by Gasteiger charge is -2.07. The van der Waals surface area contributed by atoms with E-state index in [0.29, 0.717) is 13.1 Å². The molecule has 0 unspecified atom stereocenters. The topological polar surface area (TPSA) is 51.2 Å². The number of nitrogens with two attached hydrogens (primary N) is 1. The highest BCUT2D eigenvalue weighted by Crippen LogP contribution is 2.15. The highest BCUT2D eigenvalue weighted by molar-refractivity contribution is 5.47. The van der Waals surface area contributed by atoms with Crippen molar-refractivity contribution in [1.29, 1.82) is 0 Å². The monoisotopic (exact) mass is 234 g/mol. The highest BCUT2D eigenvalue weighted by Gasteiger charge is 2.04. The lowest BCUT2D eigenvalue weighted by atomic mass is 10.1. The number of benzene rings is 1. The van der Waals surface area contributed by atoms with Gasteiger partial charge in [0.1, 0.15) is 17.3 Å². The highest BCUT2D eigenvalue weighted by atomic mass is 19.1. The van der Waals surface area contributed by atoms with E-state index in [9.17, 15) is 4.39 Å². The van der Waals surface area contributed by atoms with Gasteiger partial charge in [-0.2, -0.15) is 0 Å². The molecule has 0 aliphatic heterocycles. The van der Waals surface area contributed by atoms with E-state index in [1.165, 1.54) is 6.07 Å². The minimum absolute atomic E-state index is 0.204. The van der Waals surface area contributed by atoms with Crippen molar-refractivity contribution in [3.8, 4) is 0 Å². The van der Waals surface area contributed by atoms with Gasteiger partial charge in [0.2, 0.25) is 0 Å². The maximum atomic E-state index is 13.2. The molecule has 17 heavy (non-hydrogen) atoms. The lowest BCUT2D eigenvalue weighted by Crippen LogP contribution is -2.14. The Kier molecular flexibility index (Phi) is 3.44. The zero-order chi connectivity index (χ0) is 12.3. The van der Waals surface area contributed by atoms with Gasteiger partial charge in [-0.25, -0.2) is 4.39 Å². The summed E-state index contributed by atoms with van der Waals surface area (Å²) in [6.07, 6.45) is 0. The van der Waals surface area contributed by atoms with E-state index in [0.717, 1.165) is 17.1 Å². The minimum atomic E-state index is -0.377. The summed E-state index contributed by atoms with van der Waals surface area (Å²) in [5.74, 6) is 1.36. The fraction of sp³-hybridized carbons (Fsp3) is 0.231. The Labute approximate surface area is 99.4 Å². The number of rotatable bonds is 4. The molecule has 0 aliphatic rings. The van der Waals surface area contributed by atoms with Crippen LogP contribution in [0.3, 0.4) is 0 Å². The molecule has 3 nitrogen and oxygen atoms in total. The maximum Gasteiger partial charge on any atom is 0.146 e. The smallest absolute Gasteiger partial charge is 0.146 e. The molecule has 0 atom stereocenters. The quantitative estimate of drug-likeness (QED) is 0.799. The van der Waals surface area contributed by atoms with Crippen LogP contribution in [0.2, 0.25) is 0 Å². The molecule has 1 aromatic heterocycles. The fourth-order valence-electron chi connectivity index (χ4n) is 1.64. The summed E-state index contributed by atoms with van der Waals surface area (Å²) in [5, 5.41) is 3.16. The Morgan fingerprint density at radius 3 is 2.76 bits per heavy atom. The number of aryl methyl sites for hydroxylation is 1. The van der Waals surface area contributed by atoms with Crippen LogP contribution in [-0.2, 0) is 13.1 Å². The van der Waals surface area contributed by atoms with Gasteiger partial charge in [-0.15, -0.1) is 0 Å². The summed E-state index contributed by atoms with van der Waals surface area (Å²) < 4.78 is 18.6. The third-order valence-electron chi connectivity index (χ3n) is 2.55. The predicted octanol–water partition coefficient (Wildman–Crippen LogP) is 2.60. The molecule has 0 spiro atoms. The molecule has 0 saturated heterocycles. The zero-order valence-corrected chi connectivity index (χ0v) is 9.66. The van der Waals surface area contributed by atoms with Crippen molar-refractivity contribution in [2.24, 2.45) is 0 Å². The first-order valence-electron chi connectivity index (χ1n) is 5.45.